The minimum absolute atomic E-state index is 0.00000913. The lowest BCUT2D eigenvalue weighted by atomic mass is 10.2. The summed E-state index contributed by atoms with van der Waals surface area (Å²) < 4.78 is 30.7. The first kappa shape index (κ1) is 17.6. The molecule has 1 rings (SSSR count). The smallest absolute Gasteiger partial charge is 0.305 e. The van der Waals surface area contributed by atoms with Crippen molar-refractivity contribution in [1.82, 2.24) is 4.72 Å². The van der Waals surface area contributed by atoms with E-state index in [1.54, 1.807) is 17.5 Å². The highest BCUT2D eigenvalue weighted by Gasteiger charge is 2.22. The maximum atomic E-state index is 11.9. The SMILES string of the molecule is COC(=O)CCCS(=O)(=O)NC(CC(=O)O)c1cccs1. The van der Waals surface area contributed by atoms with Crippen molar-refractivity contribution in [3.05, 3.63) is 22.4 Å². The van der Waals surface area contributed by atoms with Gasteiger partial charge in [-0.1, -0.05) is 6.07 Å². The molecule has 0 aliphatic heterocycles. The summed E-state index contributed by atoms with van der Waals surface area (Å²) >= 11 is 1.28. The number of sulfonamides is 1. The normalized spacial score (nSPS) is 12.8. The highest BCUT2D eigenvalue weighted by molar-refractivity contribution is 7.89. The average Bonchev–Trinajstić information content (AvgIpc) is 2.90. The molecule has 21 heavy (non-hydrogen) atoms. The number of esters is 1. The van der Waals surface area contributed by atoms with E-state index < -0.39 is 28.0 Å². The Hall–Kier alpha value is -1.45. The number of ether oxygens (including phenoxy) is 1. The number of carbonyl (C=O) groups excluding carboxylic acids is 1. The minimum Gasteiger partial charge on any atom is -0.481 e. The summed E-state index contributed by atoms with van der Waals surface area (Å²) in [5, 5.41) is 10.6. The minimum atomic E-state index is -3.67. The molecule has 1 heterocycles. The molecular weight excluding hydrogens is 318 g/mol. The quantitative estimate of drug-likeness (QED) is 0.655. The average molecular weight is 335 g/mol. The molecule has 0 aliphatic rings. The van der Waals surface area contributed by atoms with Crippen molar-refractivity contribution in [3.8, 4) is 0 Å². The Morgan fingerprint density at radius 2 is 2.19 bits per heavy atom. The van der Waals surface area contributed by atoms with Crippen molar-refractivity contribution in [2.24, 2.45) is 0 Å². The topological polar surface area (TPSA) is 110 Å². The van der Waals surface area contributed by atoms with Crippen LogP contribution in [0.5, 0.6) is 0 Å². The van der Waals surface area contributed by atoms with E-state index >= 15 is 0 Å². The third-order valence-electron chi connectivity index (χ3n) is 2.61. The number of nitrogens with one attached hydrogen (secondary N) is 1. The molecule has 0 amide bonds. The van der Waals surface area contributed by atoms with Gasteiger partial charge in [0.2, 0.25) is 10.0 Å². The van der Waals surface area contributed by atoms with Crippen LogP contribution in [0.15, 0.2) is 17.5 Å². The lowest BCUT2D eigenvalue weighted by molar-refractivity contribution is -0.140. The molecule has 9 heteroatoms. The lowest BCUT2D eigenvalue weighted by Gasteiger charge is -2.15. The molecule has 0 saturated heterocycles. The van der Waals surface area contributed by atoms with Crippen LogP contribution in [0.3, 0.4) is 0 Å². The van der Waals surface area contributed by atoms with Crippen LogP contribution >= 0.6 is 11.3 Å². The number of rotatable bonds is 9. The number of hydrogen-bond donors (Lipinski definition) is 2. The molecule has 1 unspecified atom stereocenters. The van der Waals surface area contributed by atoms with Crippen LogP contribution in [0, 0.1) is 0 Å². The molecule has 1 aromatic rings. The first-order chi connectivity index (χ1) is 9.84. The van der Waals surface area contributed by atoms with Gasteiger partial charge in [0.1, 0.15) is 0 Å². The number of carboxylic acids is 1. The fraction of sp³-hybridized carbons (Fsp3) is 0.500. The molecule has 7 nitrogen and oxygen atoms in total. The van der Waals surface area contributed by atoms with Crippen LogP contribution in [0.25, 0.3) is 0 Å². The zero-order chi connectivity index (χ0) is 15.9. The predicted molar refractivity (Wildman–Crippen MR) is 77.5 cm³/mol. The summed E-state index contributed by atoms with van der Waals surface area (Å²) in [5.41, 5.74) is 0. The number of aliphatic carboxylic acids is 1. The second-order valence-electron chi connectivity index (χ2n) is 4.28. The van der Waals surface area contributed by atoms with Crippen LogP contribution in [0.4, 0.5) is 0 Å². The van der Waals surface area contributed by atoms with Crippen molar-refractivity contribution in [2.75, 3.05) is 12.9 Å². The number of methoxy groups -OCH3 is 1. The van der Waals surface area contributed by atoms with Gasteiger partial charge in [-0.3, -0.25) is 9.59 Å². The monoisotopic (exact) mass is 335 g/mol. The Balaban J connectivity index is 2.64. The number of carboxylic acid groups (broad SMARTS) is 1. The van der Waals surface area contributed by atoms with Gasteiger partial charge < -0.3 is 9.84 Å². The van der Waals surface area contributed by atoms with E-state index in [0.29, 0.717) is 4.88 Å². The van der Waals surface area contributed by atoms with Crippen molar-refractivity contribution in [1.29, 1.82) is 0 Å². The highest BCUT2D eigenvalue weighted by Crippen LogP contribution is 2.23. The predicted octanol–water partition coefficient (Wildman–Crippen LogP) is 1.14. The van der Waals surface area contributed by atoms with E-state index in [-0.39, 0.29) is 25.0 Å². The van der Waals surface area contributed by atoms with Gasteiger partial charge in [-0.15, -0.1) is 11.3 Å². The zero-order valence-corrected chi connectivity index (χ0v) is 13.1. The third kappa shape index (κ3) is 6.69. The second-order valence-corrected chi connectivity index (χ2v) is 7.13. The van der Waals surface area contributed by atoms with Crippen LogP contribution in [-0.4, -0.2) is 38.3 Å². The molecule has 0 spiro atoms. The van der Waals surface area contributed by atoms with E-state index in [0.717, 1.165) is 0 Å². The van der Waals surface area contributed by atoms with Crippen molar-refractivity contribution in [2.45, 2.75) is 25.3 Å². The Bertz CT molecular complexity index is 567. The lowest BCUT2D eigenvalue weighted by Crippen LogP contribution is -2.31. The van der Waals surface area contributed by atoms with E-state index in [2.05, 4.69) is 9.46 Å². The van der Waals surface area contributed by atoms with Gasteiger partial charge in [-0.25, -0.2) is 13.1 Å². The number of thiophene rings is 1. The van der Waals surface area contributed by atoms with E-state index in [1.807, 2.05) is 0 Å². The molecule has 118 valence electrons. The second kappa shape index (κ2) is 8.11. The van der Waals surface area contributed by atoms with Crippen molar-refractivity contribution < 1.29 is 27.9 Å². The molecular formula is C12H17NO6S2. The van der Waals surface area contributed by atoms with Gasteiger partial charge in [-0.05, 0) is 17.9 Å². The highest BCUT2D eigenvalue weighted by atomic mass is 32.2. The molecule has 0 saturated carbocycles. The largest absolute Gasteiger partial charge is 0.481 e. The summed E-state index contributed by atoms with van der Waals surface area (Å²) in [6.07, 6.45) is -0.219. The molecule has 0 aromatic carbocycles. The maximum Gasteiger partial charge on any atom is 0.305 e. The fourth-order valence-electron chi connectivity index (χ4n) is 1.65. The fourth-order valence-corrected chi connectivity index (χ4v) is 3.79. The van der Waals surface area contributed by atoms with Gasteiger partial charge in [0, 0.05) is 11.3 Å². The summed E-state index contributed by atoms with van der Waals surface area (Å²) in [7, 11) is -2.44. The Labute approximate surface area is 127 Å². The molecule has 1 aromatic heterocycles. The summed E-state index contributed by atoms with van der Waals surface area (Å²) in [6.45, 7) is 0. The molecule has 0 fully saturated rings. The van der Waals surface area contributed by atoms with Crippen molar-refractivity contribution >= 4 is 33.3 Å². The molecule has 2 N–H and O–H groups in total. The van der Waals surface area contributed by atoms with E-state index in [9.17, 15) is 18.0 Å². The molecule has 0 aliphatic carbocycles. The van der Waals surface area contributed by atoms with Crippen molar-refractivity contribution in [3.63, 3.8) is 0 Å². The zero-order valence-electron chi connectivity index (χ0n) is 11.4. The van der Waals surface area contributed by atoms with Crippen LogP contribution in [0.1, 0.15) is 30.2 Å². The van der Waals surface area contributed by atoms with Crippen LogP contribution in [0.2, 0.25) is 0 Å². The Kier molecular flexibility index (Phi) is 6.79. The Morgan fingerprint density at radius 3 is 2.71 bits per heavy atom. The first-order valence-electron chi connectivity index (χ1n) is 6.16. The summed E-state index contributed by atoms with van der Waals surface area (Å²) in [4.78, 5) is 22.4. The maximum absolute atomic E-state index is 11.9. The number of carbonyl (C=O) groups is 2. The molecule has 0 radical (unpaired) electrons. The van der Waals surface area contributed by atoms with Gasteiger partial charge in [-0.2, -0.15) is 0 Å². The standard InChI is InChI=1S/C12H17NO6S2/c1-19-12(16)5-3-7-21(17,18)13-9(8-11(14)15)10-4-2-6-20-10/h2,4,6,9,13H,3,5,7-8H2,1H3,(H,14,15). The van der Waals surface area contributed by atoms with E-state index in [1.165, 1.54) is 18.4 Å². The van der Waals surface area contributed by atoms with Gasteiger partial charge in [0.05, 0.1) is 25.3 Å². The van der Waals surface area contributed by atoms with Crippen LogP contribution in [-0.2, 0) is 24.3 Å². The molecule has 0 bridgehead atoms. The van der Waals surface area contributed by atoms with Gasteiger partial charge in [0.25, 0.3) is 0 Å². The van der Waals surface area contributed by atoms with Crippen LogP contribution < -0.4 is 4.72 Å². The molecule has 1 atom stereocenters. The first-order valence-corrected chi connectivity index (χ1v) is 8.69. The third-order valence-corrected chi connectivity index (χ3v) is 5.06. The van der Waals surface area contributed by atoms with Gasteiger partial charge in [0.15, 0.2) is 0 Å². The van der Waals surface area contributed by atoms with E-state index in [4.69, 9.17) is 5.11 Å². The Morgan fingerprint density at radius 1 is 1.48 bits per heavy atom. The van der Waals surface area contributed by atoms with Gasteiger partial charge >= 0.3 is 11.9 Å². The summed E-state index contributed by atoms with van der Waals surface area (Å²) in [6, 6.07) is 2.60. The number of hydrogen-bond acceptors (Lipinski definition) is 6. The summed E-state index contributed by atoms with van der Waals surface area (Å²) in [5.74, 6) is -1.83.